The van der Waals surface area contributed by atoms with Crippen LogP contribution in [0.25, 0.3) is 0 Å². The highest BCUT2D eigenvalue weighted by Crippen LogP contribution is 2.13. The molecule has 0 heterocycles. The Balaban J connectivity index is 2.25. The van der Waals surface area contributed by atoms with Crippen LogP contribution in [0.1, 0.15) is 55.8 Å². The number of nitrogens with one attached hydrogen (secondary N) is 1. The Bertz CT molecular complexity index is 390. The largest absolute Gasteiger partial charge is 0.494 e. The molecule has 0 saturated carbocycles. The summed E-state index contributed by atoms with van der Waals surface area (Å²) in [5, 5.41) is 11.4. The third kappa shape index (κ3) is 7.71. The van der Waals surface area contributed by atoms with Gasteiger partial charge in [-0.15, -0.1) is 0 Å². The Labute approximate surface area is 127 Å². The summed E-state index contributed by atoms with van der Waals surface area (Å²) in [7, 11) is 0. The fourth-order valence-electron chi connectivity index (χ4n) is 1.98. The lowest BCUT2D eigenvalue weighted by Gasteiger charge is -2.07. The molecule has 0 fully saturated rings. The van der Waals surface area contributed by atoms with E-state index in [2.05, 4.69) is 12.2 Å². The van der Waals surface area contributed by atoms with Crippen molar-refractivity contribution in [1.29, 1.82) is 0 Å². The summed E-state index contributed by atoms with van der Waals surface area (Å²) in [5.74, 6) is 0.687. The molecule has 0 aliphatic rings. The number of benzene rings is 1. The van der Waals surface area contributed by atoms with E-state index in [4.69, 9.17) is 9.84 Å². The summed E-state index contributed by atoms with van der Waals surface area (Å²) in [6.45, 7) is 3.51. The maximum absolute atomic E-state index is 11.8. The van der Waals surface area contributed by atoms with Crippen LogP contribution in [0, 0.1) is 0 Å². The van der Waals surface area contributed by atoms with Crippen LogP contribution in [0.15, 0.2) is 24.3 Å². The SMILES string of the molecule is CCCCCCCOc1ccc(C(=O)NCCCO)cc1. The van der Waals surface area contributed by atoms with Gasteiger partial charge < -0.3 is 15.2 Å². The molecule has 0 aromatic heterocycles. The molecule has 1 amide bonds. The number of aliphatic hydroxyl groups is 1. The van der Waals surface area contributed by atoms with Gasteiger partial charge in [0, 0.05) is 18.7 Å². The van der Waals surface area contributed by atoms with E-state index >= 15 is 0 Å². The minimum absolute atomic E-state index is 0.0886. The lowest BCUT2D eigenvalue weighted by molar-refractivity contribution is 0.0951. The van der Waals surface area contributed by atoms with E-state index in [0.29, 0.717) is 18.5 Å². The molecule has 0 saturated heterocycles. The van der Waals surface area contributed by atoms with Crippen LogP contribution < -0.4 is 10.1 Å². The zero-order valence-electron chi connectivity index (χ0n) is 12.9. The van der Waals surface area contributed by atoms with E-state index in [1.807, 2.05) is 12.1 Å². The van der Waals surface area contributed by atoms with Crippen LogP contribution in [0.4, 0.5) is 0 Å². The minimum Gasteiger partial charge on any atom is -0.494 e. The Morgan fingerprint density at radius 1 is 1.10 bits per heavy atom. The van der Waals surface area contributed by atoms with E-state index in [0.717, 1.165) is 18.8 Å². The van der Waals surface area contributed by atoms with Crippen molar-refractivity contribution in [3.05, 3.63) is 29.8 Å². The Kier molecular flexibility index (Phi) is 9.29. The van der Waals surface area contributed by atoms with Gasteiger partial charge in [-0.1, -0.05) is 32.6 Å². The van der Waals surface area contributed by atoms with Gasteiger partial charge in [-0.3, -0.25) is 4.79 Å². The molecule has 0 aliphatic heterocycles. The molecular weight excluding hydrogens is 266 g/mol. The second-order valence-electron chi connectivity index (χ2n) is 5.12. The standard InChI is InChI=1S/C17H27NO3/c1-2-3-4-5-6-14-21-16-10-8-15(9-11-16)17(20)18-12-7-13-19/h8-11,19H,2-7,12-14H2,1H3,(H,18,20). The maximum atomic E-state index is 11.8. The van der Waals surface area contributed by atoms with Crippen molar-refractivity contribution in [2.75, 3.05) is 19.8 Å². The highest BCUT2D eigenvalue weighted by atomic mass is 16.5. The van der Waals surface area contributed by atoms with Crippen LogP contribution in [0.3, 0.4) is 0 Å². The highest BCUT2D eigenvalue weighted by Gasteiger charge is 2.04. The van der Waals surface area contributed by atoms with Gasteiger partial charge in [0.2, 0.25) is 0 Å². The summed E-state index contributed by atoms with van der Waals surface area (Å²) >= 11 is 0. The molecule has 2 N–H and O–H groups in total. The van der Waals surface area contributed by atoms with Crippen LogP contribution in [-0.4, -0.2) is 30.8 Å². The van der Waals surface area contributed by atoms with Gasteiger partial charge in [0.25, 0.3) is 5.91 Å². The molecule has 1 rings (SSSR count). The number of carbonyl (C=O) groups is 1. The Morgan fingerprint density at radius 2 is 1.81 bits per heavy atom. The van der Waals surface area contributed by atoms with Crippen LogP contribution in [-0.2, 0) is 0 Å². The minimum atomic E-state index is -0.116. The molecule has 1 aromatic carbocycles. The fraction of sp³-hybridized carbons (Fsp3) is 0.588. The number of aliphatic hydroxyl groups excluding tert-OH is 1. The number of hydrogen-bond donors (Lipinski definition) is 2. The zero-order valence-corrected chi connectivity index (χ0v) is 12.9. The molecular formula is C17H27NO3. The predicted octanol–water partition coefficient (Wildman–Crippen LogP) is 3.15. The first kappa shape index (κ1) is 17.5. The second-order valence-corrected chi connectivity index (χ2v) is 5.12. The predicted molar refractivity (Wildman–Crippen MR) is 84.7 cm³/mol. The highest BCUT2D eigenvalue weighted by molar-refractivity contribution is 5.94. The monoisotopic (exact) mass is 293 g/mol. The maximum Gasteiger partial charge on any atom is 0.251 e. The van der Waals surface area contributed by atoms with E-state index in [-0.39, 0.29) is 12.5 Å². The summed E-state index contributed by atoms with van der Waals surface area (Å²) in [5.41, 5.74) is 0.614. The first-order chi connectivity index (χ1) is 10.3. The molecule has 21 heavy (non-hydrogen) atoms. The third-order valence-corrected chi connectivity index (χ3v) is 3.25. The fourth-order valence-corrected chi connectivity index (χ4v) is 1.98. The molecule has 0 bridgehead atoms. The molecule has 0 unspecified atom stereocenters. The van der Waals surface area contributed by atoms with Crippen LogP contribution in [0.5, 0.6) is 5.75 Å². The van der Waals surface area contributed by atoms with Crippen molar-refractivity contribution in [1.82, 2.24) is 5.32 Å². The van der Waals surface area contributed by atoms with E-state index in [1.165, 1.54) is 25.7 Å². The van der Waals surface area contributed by atoms with Gasteiger partial charge >= 0.3 is 0 Å². The smallest absolute Gasteiger partial charge is 0.251 e. The summed E-state index contributed by atoms with van der Waals surface area (Å²) in [6, 6.07) is 7.18. The number of unbranched alkanes of at least 4 members (excludes halogenated alkanes) is 4. The van der Waals surface area contributed by atoms with Gasteiger partial charge in [-0.05, 0) is 37.1 Å². The lowest BCUT2D eigenvalue weighted by Crippen LogP contribution is -2.24. The molecule has 0 radical (unpaired) electrons. The van der Waals surface area contributed by atoms with Crippen LogP contribution in [0.2, 0.25) is 0 Å². The van der Waals surface area contributed by atoms with Gasteiger partial charge in [0.05, 0.1) is 6.61 Å². The number of hydrogen-bond acceptors (Lipinski definition) is 3. The van der Waals surface area contributed by atoms with Crippen molar-refractivity contribution in [2.45, 2.75) is 45.4 Å². The first-order valence-corrected chi connectivity index (χ1v) is 7.90. The second kappa shape index (κ2) is 11.1. The summed E-state index contributed by atoms with van der Waals surface area (Å²) in [4.78, 5) is 11.8. The topological polar surface area (TPSA) is 58.6 Å². The normalized spacial score (nSPS) is 10.4. The van der Waals surface area contributed by atoms with E-state index in [9.17, 15) is 4.79 Å². The van der Waals surface area contributed by atoms with Gasteiger partial charge in [0.15, 0.2) is 0 Å². The van der Waals surface area contributed by atoms with Crippen molar-refractivity contribution >= 4 is 5.91 Å². The van der Waals surface area contributed by atoms with Crippen molar-refractivity contribution in [3.8, 4) is 5.75 Å². The van der Waals surface area contributed by atoms with Crippen molar-refractivity contribution in [2.24, 2.45) is 0 Å². The quantitative estimate of drug-likeness (QED) is 0.616. The molecule has 1 aromatic rings. The molecule has 0 aliphatic carbocycles. The number of amides is 1. The molecule has 0 atom stereocenters. The van der Waals surface area contributed by atoms with E-state index in [1.54, 1.807) is 12.1 Å². The summed E-state index contributed by atoms with van der Waals surface area (Å²) in [6.07, 6.45) is 6.67. The number of rotatable bonds is 11. The van der Waals surface area contributed by atoms with Gasteiger partial charge in [-0.25, -0.2) is 0 Å². The van der Waals surface area contributed by atoms with Crippen LogP contribution >= 0.6 is 0 Å². The summed E-state index contributed by atoms with van der Waals surface area (Å²) < 4.78 is 5.65. The lowest BCUT2D eigenvalue weighted by atomic mass is 10.2. The molecule has 4 heteroatoms. The third-order valence-electron chi connectivity index (χ3n) is 3.25. The molecule has 4 nitrogen and oxygen atoms in total. The van der Waals surface area contributed by atoms with E-state index < -0.39 is 0 Å². The molecule has 0 spiro atoms. The zero-order chi connectivity index (χ0) is 15.3. The molecule has 118 valence electrons. The van der Waals surface area contributed by atoms with Gasteiger partial charge in [0.1, 0.15) is 5.75 Å². The van der Waals surface area contributed by atoms with Crippen molar-refractivity contribution in [3.63, 3.8) is 0 Å². The van der Waals surface area contributed by atoms with Gasteiger partial charge in [-0.2, -0.15) is 0 Å². The Hall–Kier alpha value is -1.55. The average molecular weight is 293 g/mol. The number of carbonyl (C=O) groups excluding carboxylic acids is 1. The average Bonchev–Trinajstić information content (AvgIpc) is 2.51. The van der Waals surface area contributed by atoms with Crippen molar-refractivity contribution < 1.29 is 14.6 Å². The Morgan fingerprint density at radius 3 is 2.48 bits per heavy atom. The first-order valence-electron chi connectivity index (χ1n) is 7.90. The number of ether oxygens (including phenoxy) is 1.